The van der Waals surface area contributed by atoms with Crippen molar-refractivity contribution in [1.29, 1.82) is 0 Å². The molecule has 10 rings (SSSR count). The van der Waals surface area contributed by atoms with Gasteiger partial charge >= 0.3 is 0 Å². The fraction of sp³-hybridized carbons (Fsp3) is 0.161. The second-order valence-corrected chi connectivity index (χ2v) is 17.5. The number of hydrogen-bond acceptors (Lipinski definition) is 1. The molecule has 3 aliphatic carbocycles. The minimum absolute atomic E-state index is 0.0292. The van der Waals surface area contributed by atoms with Crippen molar-refractivity contribution >= 4 is 41.3 Å². The number of aryl methyl sites for hydroxylation is 1. The summed E-state index contributed by atoms with van der Waals surface area (Å²) >= 11 is 0. The third-order valence-corrected chi connectivity index (χ3v) is 14.3. The molecule has 1 spiro atoms. The molecule has 0 bridgehead atoms. The Kier molecular flexibility index (Phi) is 10.4. The van der Waals surface area contributed by atoms with E-state index in [1.54, 1.807) is 0 Å². The minimum Gasteiger partial charge on any atom is -0.310 e. The second-order valence-electron chi connectivity index (χ2n) is 17.5. The lowest BCUT2D eigenvalue weighted by atomic mass is 9.67. The predicted molar refractivity (Wildman–Crippen MR) is 270 cm³/mol. The zero-order valence-corrected chi connectivity index (χ0v) is 37.0. The van der Waals surface area contributed by atoms with Gasteiger partial charge in [0.15, 0.2) is 0 Å². The van der Waals surface area contributed by atoms with E-state index in [0.717, 1.165) is 35.3 Å². The first-order valence-corrected chi connectivity index (χ1v) is 22.7. The van der Waals surface area contributed by atoms with Crippen LogP contribution in [0.25, 0.3) is 41.0 Å². The standard InChI is InChI=1S/C62H55N/c1-6-22-51-43(4)33-35-46(7-2)53(51)37-34-45-23-21-28-49(41-45)63(59(8-3)60-44(5)52-29-15-17-31-56(52)61(60)39-19-20-40-61)50-36-38-55-54-30-16-18-32-57(54)62(58(55)42-50,47-24-11-9-12-25-47)48-26-13-10-14-27-48/h6-18,21-38,41-42H,2,19-20,39-40H2,1,3-5H3/b22-6-,37-34+,59-8+. The predicted octanol–water partition coefficient (Wildman–Crippen LogP) is 16.5. The third-order valence-electron chi connectivity index (χ3n) is 14.3. The normalized spacial score (nSPS) is 15.9. The van der Waals surface area contributed by atoms with Gasteiger partial charge in [-0.25, -0.2) is 0 Å². The zero-order chi connectivity index (χ0) is 43.1. The fourth-order valence-electron chi connectivity index (χ4n) is 11.6. The summed E-state index contributed by atoms with van der Waals surface area (Å²) < 4.78 is 0. The van der Waals surface area contributed by atoms with E-state index in [1.165, 1.54) is 90.9 Å². The van der Waals surface area contributed by atoms with Gasteiger partial charge in [-0.3, -0.25) is 0 Å². The summed E-state index contributed by atoms with van der Waals surface area (Å²) in [5.41, 5.74) is 22.4. The molecule has 3 aliphatic rings. The maximum absolute atomic E-state index is 4.18. The molecule has 1 fully saturated rings. The molecule has 7 aromatic rings. The average molecular weight is 814 g/mol. The van der Waals surface area contributed by atoms with Crippen LogP contribution in [-0.2, 0) is 10.8 Å². The number of benzene rings is 7. The van der Waals surface area contributed by atoms with Gasteiger partial charge in [0, 0.05) is 22.5 Å². The monoisotopic (exact) mass is 813 g/mol. The van der Waals surface area contributed by atoms with E-state index in [2.05, 4.69) is 233 Å². The fourth-order valence-corrected chi connectivity index (χ4v) is 11.6. The van der Waals surface area contributed by atoms with Gasteiger partial charge in [0.25, 0.3) is 0 Å². The summed E-state index contributed by atoms with van der Waals surface area (Å²) in [6.07, 6.45) is 18.0. The zero-order valence-electron chi connectivity index (χ0n) is 37.0. The Labute approximate surface area is 374 Å². The highest BCUT2D eigenvalue weighted by Gasteiger charge is 2.49. The Morgan fingerprint density at radius 2 is 1.19 bits per heavy atom. The van der Waals surface area contributed by atoms with Gasteiger partial charge in [0.05, 0.1) is 5.41 Å². The molecule has 1 nitrogen and oxygen atoms in total. The van der Waals surface area contributed by atoms with E-state index in [9.17, 15) is 0 Å². The molecule has 0 atom stereocenters. The summed E-state index contributed by atoms with van der Waals surface area (Å²) in [6.45, 7) is 13.1. The molecule has 0 saturated heterocycles. The van der Waals surface area contributed by atoms with Crippen molar-refractivity contribution in [1.82, 2.24) is 0 Å². The highest BCUT2D eigenvalue weighted by atomic mass is 15.2. The molecule has 308 valence electrons. The minimum atomic E-state index is -0.510. The van der Waals surface area contributed by atoms with Crippen LogP contribution in [0.4, 0.5) is 11.4 Å². The number of nitrogens with zero attached hydrogens (tertiary/aromatic N) is 1. The number of fused-ring (bicyclic) bond motifs is 5. The largest absolute Gasteiger partial charge is 0.310 e. The second kappa shape index (κ2) is 16.4. The van der Waals surface area contributed by atoms with Gasteiger partial charge < -0.3 is 4.90 Å². The number of anilines is 2. The lowest BCUT2D eigenvalue weighted by Crippen LogP contribution is -2.30. The van der Waals surface area contributed by atoms with Crippen molar-refractivity contribution in [2.75, 3.05) is 4.90 Å². The molecule has 0 amide bonds. The summed E-state index contributed by atoms with van der Waals surface area (Å²) in [5.74, 6) is 0. The topological polar surface area (TPSA) is 3.24 Å². The highest BCUT2D eigenvalue weighted by molar-refractivity contribution is 5.91. The quantitative estimate of drug-likeness (QED) is 0.124. The first-order valence-electron chi connectivity index (χ1n) is 22.7. The molecule has 0 heterocycles. The van der Waals surface area contributed by atoms with Crippen LogP contribution in [0.5, 0.6) is 0 Å². The Balaban J connectivity index is 1.22. The van der Waals surface area contributed by atoms with E-state index in [1.807, 2.05) is 6.08 Å². The highest BCUT2D eigenvalue weighted by Crippen LogP contribution is 2.60. The Bertz CT molecular complexity index is 2960. The van der Waals surface area contributed by atoms with Crippen LogP contribution < -0.4 is 4.90 Å². The van der Waals surface area contributed by atoms with Crippen LogP contribution in [0.15, 0.2) is 194 Å². The maximum Gasteiger partial charge on any atom is 0.0714 e. The van der Waals surface area contributed by atoms with E-state index in [0.29, 0.717) is 0 Å². The van der Waals surface area contributed by atoms with Gasteiger partial charge in [-0.1, -0.05) is 195 Å². The summed E-state index contributed by atoms with van der Waals surface area (Å²) in [5, 5.41) is 0. The molecule has 0 aromatic heterocycles. The summed E-state index contributed by atoms with van der Waals surface area (Å²) in [6, 6.07) is 61.4. The Hall–Kier alpha value is -6.96. The van der Waals surface area contributed by atoms with E-state index in [-0.39, 0.29) is 5.41 Å². The lowest BCUT2D eigenvalue weighted by molar-refractivity contribution is 0.537. The summed E-state index contributed by atoms with van der Waals surface area (Å²) in [7, 11) is 0. The van der Waals surface area contributed by atoms with Crippen molar-refractivity contribution in [3.8, 4) is 11.1 Å². The Morgan fingerprint density at radius 3 is 1.87 bits per heavy atom. The molecule has 0 radical (unpaired) electrons. The molecule has 1 saturated carbocycles. The van der Waals surface area contributed by atoms with Crippen LogP contribution in [-0.4, -0.2) is 0 Å². The van der Waals surface area contributed by atoms with Crippen molar-refractivity contribution in [3.05, 3.63) is 255 Å². The first kappa shape index (κ1) is 40.1. The number of rotatable bonds is 10. The number of hydrogen-bond donors (Lipinski definition) is 0. The lowest BCUT2D eigenvalue weighted by Gasteiger charge is -2.38. The molecule has 1 heteroatoms. The Morgan fingerprint density at radius 1 is 0.556 bits per heavy atom. The molecule has 0 aliphatic heterocycles. The molecular formula is C62H55N. The van der Waals surface area contributed by atoms with E-state index in [4.69, 9.17) is 0 Å². The maximum atomic E-state index is 4.18. The van der Waals surface area contributed by atoms with E-state index >= 15 is 0 Å². The molecular weight excluding hydrogens is 759 g/mol. The van der Waals surface area contributed by atoms with Gasteiger partial charge in [-0.15, -0.1) is 0 Å². The van der Waals surface area contributed by atoms with Gasteiger partial charge in [-0.2, -0.15) is 0 Å². The van der Waals surface area contributed by atoms with Crippen molar-refractivity contribution in [2.24, 2.45) is 0 Å². The molecule has 7 aromatic carbocycles. The van der Waals surface area contributed by atoms with Crippen LogP contribution in [0, 0.1) is 6.92 Å². The number of allylic oxidation sites excluding steroid dienone is 4. The van der Waals surface area contributed by atoms with Gasteiger partial charge in [-0.05, 0) is 148 Å². The molecule has 0 unspecified atom stereocenters. The van der Waals surface area contributed by atoms with Gasteiger partial charge in [0.1, 0.15) is 0 Å². The van der Waals surface area contributed by atoms with Gasteiger partial charge in [0.2, 0.25) is 0 Å². The van der Waals surface area contributed by atoms with Crippen LogP contribution in [0.2, 0.25) is 0 Å². The van der Waals surface area contributed by atoms with Crippen LogP contribution in [0.3, 0.4) is 0 Å². The van der Waals surface area contributed by atoms with Crippen LogP contribution >= 0.6 is 0 Å². The van der Waals surface area contributed by atoms with E-state index < -0.39 is 5.41 Å². The molecule has 63 heavy (non-hydrogen) atoms. The smallest absolute Gasteiger partial charge is 0.0714 e. The summed E-state index contributed by atoms with van der Waals surface area (Å²) in [4.78, 5) is 2.58. The van der Waals surface area contributed by atoms with Crippen molar-refractivity contribution in [3.63, 3.8) is 0 Å². The SMILES string of the molecule is C=Cc1ccc(C)c(/C=C\C)c1/C=C/c1cccc(N(/C(=C/C)C2=C(C)c3ccccc3C23CCCC3)c2ccc3c(c2)C(c2ccccc2)(c2ccccc2)c2ccccc2-3)c1. The first-order chi connectivity index (χ1) is 30.9. The molecule has 0 N–H and O–H groups in total. The average Bonchev–Trinajstić information content (AvgIpc) is 4.01. The van der Waals surface area contributed by atoms with Crippen LogP contribution in [0.1, 0.15) is 108 Å². The third kappa shape index (κ3) is 6.36. The van der Waals surface area contributed by atoms with Crippen molar-refractivity contribution in [2.45, 2.75) is 64.2 Å². The van der Waals surface area contributed by atoms with Crippen molar-refractivity contribution < 1.29 is 0 Å².